The van der Waals surface area contributed by atoms with Crippen molar-refractivity contribution in [3.05, 3.63) is 72.1 Å². The van der Waals surface area contributed by atoms with Crippen molar-refractivity contribution in [2.24, 2.45) is 0 Å². The van der Waals surface area contributed by atoms with E-state index in [-0.39, 0.29) is 11.8 Å². The SMILES string of the molecule is Cc1cc2c(F)c(Oc3nc(Nc4cc(C5CC5)[nH]n4)cc(N4CCN(c5ccncc5)CC4)n3)ccc2[nH]1. The Morgan fingerprint density at radius 2 is 1.74 bits per heavy atom. The van der Waals surface area contributed by atoms with E-state index in [1.165, 1.54) is 12.8 Å². The van der Waals surface area contributed by atoms with Gasteiger partial charge >= 0.3 is 6.01 Å². The standard InChI is InChI=1S/C28H28FN9O/c1-17-14-20-21(31-17)4-5-23(27(20)29)39-28-33-24(32-25-15-22(35-36-25)18-2-3-18)16-26(34-28)38-12-10-37(11-13-38)19-6-8-30-9-7-19/h4-9,14-16,18,31H,2-3,10-13H2,1H3,(H2,32,33,34,35,36). The average Bonchev–Trinajstić information content (AvgIpc) is 3.58. The van der Waals surface area contributed by atoms with Crippen LogP contribution in [0, 0.1) is 12.7 Å². The summed E-state index contributed by atoms with van der Waals surface area (Å²) in [5.41, 5.74) is 3.86. The van der Waals surface area contributed by atoms with Crippen molar-refractivity contribution in [3.63, 3.8) is 0 Å². The summed E-state index contributed by atoms with van der Waals surface area (Å²) in [5, 5.41) is 11.3. The molecule has 5 aromatic rings. The quantitative estimate of drug-likeness (QED) is 0.264. The van der Waals surface area contributed by atoms with E-state index < -0.39 is 5.82 Å². The fraction of sp³-hybridized carbons (Fsp3) is 0.286. The van der Waals surface area contributed by atoms with Crippen molar-refractivity contribution in [2.75, 3.05) is 41.3 Å². The Balaban J connectivity index is 1.17. The first-order chi connectivity index (χ1) is 19.1. The molecule has 2 fully saturated rings. The molecule has 5 heterocycles. The number of anilines is 4. The molecule has 198 valence electrons. The largest absolute Gasteiger partial charge is 0.421 e. The van der Waals surface area contributed by atoms with E-state index in [0.717, 1.165) is 43.3 Å². The zero-order valence-corrected chi connectivity index (χ0v) is 21.5. The Morgan fingerprint density at radius 3 is 2.54 bits per heavy atom. The third-order valence-corrected chi connectivity index (χ3v) is 7.23. The molecule has 1 aliphatic heterocycles. The number of pyridine rings is 1. The number of rotatable bonds is 7. The smallest absolute Gasteiger partial charge is 0.326 e. The zero-order chi connectivity index (χ0) is 26.3. The molecule has 10 nitrogen and oxygen atoms in total. The third-order valence-electron chi connectivity index (χ3n) is 7.23. The number of benzene rings is 1. The van der Waals surface area contributed by atoms with Crippen molar-refractivity contribution in [3.8, 4) is 11.8 Å². The van der Waals surface area contributed by atoms with Crippen LogP contribution in [-0.2, 0) is 0 Å². The molecule has 1 aromatic carbocycles. The number of aromatic nitrogens is 6. The number of aryl methyl sites for hydroxylation is 1. The van der Waals surface area contributed by atoms with E-state index >= 15 is 4.39 Å². The monoisotopic (exact) mass is 525 g/mol. The van der Waals surface area contributed by atoms with Gasteiger partial charge in [-0.3, -0.25) is 10.1 Å². The number of hydrogen-bond donors (Lipinski definition) is 3. The molecule has 1 saturated heterocycles. The van der Waals surface area contributed by atoms with E-state index in [1.54, 1.807) is 18.2 Å². The molecule has 0 radical (unpaired) electrons. The summed E-state index contributed by atoms with van der Waals surface area (Å²) in [6, 6.07) is 13.2. The van der Waals surface area contributed by atoms with Gasteiger partial charge in [0.15, 0.2) is 17.4 Å². The molecule has 0 unspecified atom stereocenters. The molecular weight excluding hydrogens is 497 g/mol. The number of aromatic amines is 2. The minimum atomic E-state index is -0.451. The molecule has 1 aliphatic carbocycles. The number of piperazine rings is 1. The second-order valence-electron chi connectivity index (χ2n) is 10.1. The minimum Gasteiger partial charge on any atom is -0.421 e. The van der Waals surface area contributed by atoms with Gasteiger partial charge < -0.3 is 24.8 Å². The van der Waals surface area contributed by atoms with Gasteiger partial charge in [-0.05, 0) is 50.1 Å². The lowest BCUT2D eigenvalue weighted by atomic mass is 10.2. The molecule has 11 heteroatoms. The van der Waals surface area contributed by atoms with Crippen molar-refractivity contribution in [1.82, 2.24) is 30.1 Å². The molecule has 4 aromatic heterocycles. The van der Waals surface area contributed by atoms with Gasteiger partial charge in [0, 0.05) is 84.6 Å². The first-order valence-corrected chi connectivity index (χ1v) is 13.2. The highest BCUT2D eigenvalue weighted by Crippen LogP contribution is 2.40. The highest BCUT2D eigenvalue weighted by atomic mass is 19.1. The zero-order valence-electron chi connectivity index (χ0n) is 21.5. The van der Waals surface area contributed by atoms with Gasteiger partial charge in [-0.25, -0.2) is 4.39 Å². The molecule has 39 heavy (non-hydrogen) atoms. The summed E-state index contributed by atoms with van der Waals surface area (Å²) in [7, 11) is 0. The fourth-order valence-electron chi connectivity index (χ4n) is 5.03. The van der Waals surface area contributed by atoms with Gasteiger partial charge in [0.05, 0.1) is 0 Å². The number of nitrogens with one attached hydrogen (secondary N) is 3. The summed E-state index contributed by atoms with van der Waals surface area (Å²) in [6.45, 7) is 5.07. The van der Waals surface area contributed by atoms with Crippen molar-refractivity contribution in [2.45, 2.75) is 25.7 Å². The molecule has 0 amide bonds. The van der Waals surface area contributed by atoms with Crippen LogP contribution in [-0.4, -0.2) is 56.3 Å². The summed E-state index contributed by atoms with van der Waals surface area (Å²) >= 11 is 0. The molecule has 0 bridgehead atoms. The molecule has 1 saturated carbocycles. The van der Waals surface area contributed by atoms with Crippen LogP contribution in [0.5, 0.6) is 11.8 Å². The fourth-order valence-corrected chi connectivity index (χ4v) is 5.03. The Morgan fingerprint density at radius 1 is 0.949 bits per heavy atom. The summed E-state index contributed by atoms with van der Waals surface area (Å²) in [4.78, 5) is 21.0. The Kier molecular flexibility index (Phi) is 5.75. The van der Waals surface area contributed by atoms with E-state index in [0.29, 0.717) is 34.3 Å². The lowest BCUT2D eigenvalue weighted by molar-refractivity contribution is 0.414. The van der Waals surface area contributed by atoms with Crippen molar-refractivity contribution in [1.29, 1.82) is 0 Å². The van der Waals surface area contributed by atoms with Crippen molar-refractivity contribution < 1.29 is 9.13 Å². The lowest BCUT2D eigenvalue weighted by Crippen LogP contribution is -2.46. The van der Waals surface area contributed by atoms with Gasteiger partial charge in [0.25, 0.3) is 0 Å². The minimum absolute atomic E-state index is 0.0648. The van der Waals surface area contributed by atoms with Crippen LogP contribution in [0.25, 0.3) is 10.9 Å². The van der Waals surface area contributed by atoms with E-state index in [1.807, 2.05) is 43.6 Å². The van der Waals surface area contributed by atoms with E-state index in [2.05, 4.69) is 45.2 Å². The molecule has 0 spiro atoms. The normalized spacial score (nSPS) is 15.6. The van der Waals surface area contributed by atoms with Gasteiger partial charge in [-0.15, -0.1) is 0 Å². The average molecular weight is 526 g/mol. The second-order valence-corrected chi connectivity index (χ2v) is 10.1. The first kappa shape index (κ1) is 23.4. The van der Waals surface area contributed by atoms with Gasteiger partial charge in [-0.1, -0.05) is 0 Å². The number of hydrogen-bond acceptors (Lipinski definition) is 8. The predicted octanol–water partition coefficient (Wildman–Crippen LogP) is 5.26. The van der Waals surface area contributed by atoms with Crippen LogP contribution in [0.4, 0.5) is 27.5 Å². The third kappa shape index (κ3) is 4.83. The van der Waals surface area contributed by atoms with Crippen LogP contribution in [0.1, 0.15) is 30.1 Å². The second kappa shape index (κ2) is 9.57. The van der Waals surface area contributed by atoms with Gasteiger partial charge in [0.1, 0.15) is 11.6 Å². The summed E-state index contributed by atoms with van der Waals surface area (Å²) < 4.78 is 21.3. The molecule has 3 N–H and O–H groups in total. The van der Waals surface area contributed by atoms with E-state index in [9.17, 15) is 0 Å². The van der Waals surface area contributed by atoms with Crippen LogP contribution in [0.3, 0.4) is 0 Å². The maximum absolute atomic E-state index is 15.3. The van der Waals surface area contributed by atoms with Crippen molar-refractivity contribution >= 4 is 34.0 Å². The Labute approximate surface area is 224 Å². The maximum atomic E-state index is 15.3. The van der Waals surface area contributed by atoms with Crippen LogP contribution in [0.15, 0.2) is 54.9 Å². The van der Waals surface area contributed by atoms with E-state index in [4.69, 9.17) is 4.74 Å². The number of H-pyrrole nitrogens is 2. The molecule has 2 aliphatic rings. The van der Waals surface area contributed by atoms with Gasteiger partial charge in [-0.2, -0.15) is 15.1 Å². The van der Waals surface area contributed by atoms with Crippen LogP contribution >= 0.6 is 0 Å². The molecular formula is C28H28FN9O. The summed E-state index contributed by atoms with van der Waals surface area (Å²) in [6.07, 6.45) is 5.98. The lowest BCUT2D eigenvalue weighted by Gasteiger charge is -2.36. The number of fused-ring (bicyclic) bond motifs is 1. The predicted molar refractivity (Wildman–Crippen MR) is 148 cm³/mol. The van der Waals surface area contributed by atoms with Crippen LogP contribution in [0.2, 0.25) is 0 Å². The molecule has 7 rings (SSSR count). The van der Waals surface area contributed by atoms with Gasteiger partial charge in [0.2, 0.25) is 0 Å². The van der Waals surface area contributed by atoms with Crippen LogP contribution < -0.4 is 19.9 Å². The number of ether oxygens (including phenoxy) is 1. The topological polar surface area (TPSA) is 111 Å². The number of halogens is 1. The number of nitrogens with zero attached hydrogens (tertiary/aromatic N) is 6. The summed E-state index contributed by atoms with van der Waals surface area (Å²) in [5.74, 6) is 2.08. The molecule has 0 atom stereocenters. The highest BCUT2D eigenvalue weighted by molar-refractivity contribution is 5.82. The highest BCUT2D eigenvalue weighted by Gasteiger charge is 2.26. The maximum Gasteiger partial charge on any atom is 0.326 e. The Bertz CT molecular complexity index is 1620. The first-order valence-electron chi connectivity index (χ1n) is 13.2. The Hall–Kier alpha value is -4.67.